The van der Waals surface area contributed by atoms with Gasteiger partial charge in [-0.15, -0.1) is 0 Å². The van der Waals surface area contributed by atoms with Crippen molar-refractivity contribution in [2.75, 3.05) is 6.61 Å². The first-order valence-corrected chi connectivity index (χ1v) is 6.30. The van der Waals surface area contributed by atoms with Gasteiger partial charge in [-0.25, -0.2) is 0 Å². The Morgan fingerprint density at radius 3 is 3.00 bits per heavy atom. The number of aromatic nitrogens is 2. The summed E-state index contributed by atoms with van der Waals surface area (Å²) in [6.45, 7) is 0.476. The highest BCUT2D eigenvalue weighted by Crippen LogP contribution is 2.32. The minimum atomic E-state index is 0.220. The highest BCUT2D eigenvalue weighted by atomic mass is 16.5. The number of furan rings is 1. The Kier molecular flexibility index (Phi) is 3.13. The molecule has 0 aliphatic carbocycles. The van der Waals surface area contributed by atoms with Crippen molar-refractivity contribution in [2.45, 2.75) is 6.42 Å². The summed E-state index contributed by atoms with van der Waals surface area (Å²) in [4.78, 5) is 0. The molecule has 0 saturated heterocycles. The van der Waals surface area contributed by atoms with Gasteiger partial charge in [-0.2, -0.15) is 10.4 Å². The monoisotopic (exact) mass is 267 g/mol. The Balaban J connectivity index is 1.78. The van der Waals surface area contributed by atoms with Crippen molar-refractivity contribution in [1.82, 2.24) is 9.78 Å². The van der Waals surface area contributed by atoms with Gasteiger partial charge < -0.3 is 9.15 Å². The molecule has 0 fully saturated rings. The molecule has 1 aromatic carbocycles. The summed E-state index contributed by atoms with van der Waals surface area (Å²) in [6.07, 6.45) is 4.49. The second-order valence-corrected chi connectivity index (χ2v) is 4.49. The lowest BCUT2D eigenvalue weighted by atomic mass is 10.2. The smallest absolute Gasteiger partial charge is 0.246 e. The fourth-order valence-corrected chi connectivity index (χ4v) is 2.11. The van der Waals surface area contributed by atoms with Crippen molar-refractivity contribution < 1.29 is 9.15 Å². The van der Waals surface area contributed by atoms with Crippen LogP contribution in [-0.4, -0.2) is 16.4 Å². The van der Waals surface area contributed by atoms with Crippen LogP contribution < -0.4 is 4.74 Å². The lowest BCUT2D eigenvalue weighted by Crippen LogP contribution is -2.01. The number of nitrogens with zero attached hydrogens (tertiary/aromatic N) is 3. The molecule has 100 valence electrons. The summed E-state index contributed by atoms with van der Waals surface area (Å²) in [7, 11) is 1.88. The second-order valence-electron chi connectivity index (χ2n) is 4.49. The van der Waals surface area contributed by atoms with E-state index >= 15 is 0 Å². The van der Waals surface area contributed by atoms with Crippen LogP contribution in [0.15, 0.2) is 41.1 Å². The number of benzene rings is 1. The first kappa shape index (κ1) is 12.3. The number of nitriles is 1. The minimum absolute atomic E-state index is 0.220. The molecule has 0 unspecified atom stereocenters. The van der Waals surface area contributed by atoms with Crippen molar-refractivity contribution in [3.8, 4) is 11.8 Å². The number of aryl methyl sites for hydroxylation is 1. The molecule has 3 aromatic rings. The van der Waals surface area contributed by atoms with Crippen LogP contribution in [0.5, 0.6) is 5.75 Å². The SMILES string of the molecule is Cn1cc(CCOc2c(C#N)oc3ccccc23)cn1. The van der Waals surface area contributed by atoms with Gasteiger partial charge in [0, 0.05) is 19.7 Å². The molecule has 5 heteroatoms. The molecule has 0 N–H and O–H groups in total. The predicted molar refractivity (Wildman–Crippen MR) is 73.3 cm³/mol. The van der Waals surface area contributed by atoms with E-state index in [1.54, 1.807) is 4.68 Å². The van der Waals surface area contributed by atoms with Gasteiger partial charge in [0.15, 0.2) is 5.75 Å². The van der Waals surface area contributed by atoms with Gasteiger partial charge >= 0.3 is 0 Å². The number of fused-ring (bicyclic) bond motifs is 1. The first-order valence-electron chi connectivity index (χ1n) is 6.30. The van der Waals surface area contributed by atoms with Gasteiger partial charge in [0.2, 0.25) is 5.76 Å². The van der Waals surface area contributed by atoms with Gasteiger partial charge in [0.25, 0.3) is 0 Å². The van der Waals surface area contributed by atoms with Crippen LogP contribution in [0.4, 0.5) is 0 Å². The average Bonchev–Trinajstić information content (AvgIpc) is 3.03. The van der Waals surface area contributed by atoms with E-state index in [0.717, 1.165) is 17.4 Å². The molecule has 0 amide bonds. The maximum Gasteiger partial charge on any atom is 0.246 e. The summed E-state index contributed by atoms with van der Waals surface area (Å²) in [5.41, 5.74) is 1.76. The predicted octanol–water partition coefficient (Wildman–Crippen LogP) is 2.66. The molecular weight excluding hydrogens is 254 g/mol. The summed E-state index contributed by atoms with van der Waals surface area (Å²) in [5, 5.41) is 14.0. The van der Waals surface area contributed by atoms with Crippen LogP contribution in [0.25, 0.3) is 11.0 Å². The third-order valence-electron chi connectivity index (χ3n) is 3.05. The minimum Gasteiger partial charge on any atom is -0.488 e. The maximum atomic E-state index is 9.10. The number of para-hydroxylation sites is 1. The third-order valence-corrected chi connectivity index (χ3v) is 3.05. The van der Waals surface area contributed by atoms with E-state index in [0.29, 0.717) is 17.9 Å². The Hall–Kier alpha value is -2.74. The number of hydrogen-bond donors (Lipinski definition) is 0. The zero-order valence-corrected chi connectivity index (χ0v) is 11.0. The standard InChI is InChI=1S/C15H13N3O2/c1-18-10-11(9-17-18)6-7-19-15-12-4-2-3-5-13(12)20-14(15)8-16/h2-5,9-10H,6-7H2,1H3. The van der Waals surface area contributed by atoms with Crippen molar-refractivity contribution >= 4 is 11.0 Å². The van der Waals surface area contributed by atoms with E-state index in [9.17, 15) is 0 Å². The van der Waals surface area contributed by atoms with Crippen molar-refractivity contribution in [3.63, 3.8) is 0 Å². The van der Waals surface area contributed by atoms with E-state index in [1.165, 1.54) is 0 Å². The molecule has 0 radical (unpaired) electrons. The molecular formula is C15H13N3O2. The third kappa shape index (κ3) is 2.24. The van der Waals surface area contributed by atoms with Crippen LogP contribution in [0, 0.1) is 11.3 Å². The first-order chi connectivity index (χ1) is 9.78. The molecule has 0 aliphatic rings. The maximum absolute atomic E-state index is 9.10. The Morgan fingerprint density at radius 1 is 1.40 bits per heavy atom. The topological polar surface area (TPSA) is 64.0 Å². The van der Waals surface area contributed by atoms with Gasteiger partial charge in [-0.05, 0) is 17.7 Å². The summed E-state index contributed by atoms with van der Waals surface area (Å²) >= 11 is 0. The summed E-state index contributed by atoms with van der Waals surface area (Å²) in [6, 6.07) is 9.50. The number of hydrogen-bond acceptors (Lipinski definition) is 4. The summed E-state index contributed by atoms with van der Waals surface area (Å²) in [5.74, 6) is 0.740. The molecule has 0 saturated carbocycles. The molecule has 2 heterocycles. The molecule has 0 bridgehead atoms. The van der Waals surface area contributed by atoms with Gasteiger partial charge in [0.05, 0.1) is 18.2 Å². The van der Waals surface area contributed by atoms with Gasteiger partial charge in [0.1, 0.15) is 11.7 Å². The Morgan fingerprint density at radius 2 is 2.25 bits per heavy atom. The molecule has 3 rings (SSSR count). The van der Waals surface area contributed by atoms with E-state index in [-0.39, 0.29) is 5.76 Å². The highest BCUT2D eigenvalue weighted by Gasteiger charge is 2.14. The molecule has 20 heavy (non-hydrogen) atoms. The van der Waals surface area contributed by atoms with Crippen molar-refractivity contribution in [1.29, 1.82) is 5.26 Å². The molecule has 0 atom stereocenters. The van der Waals surface area contributed by atoms with Crippen LogP contribution in [-0.2, 0) is 13.5 Å². The normalized spacial score (nSPS) is 10.6. The molecule has 2 aromatic heterocycles. The fraction of sp³-hybridized carbons (Fsp3) is 0.200. The lowest BCUT2D eigenvalue weighted by molar-refractivity contribution is 0.319. The second kappa shape index (κ2) is 5.10. The molecule has 0 spiro atoms. The Labute approximate surface area is 116 Å². The largest absolute Gasteiger partial charge is 0.488 e. The van der Waals surface area contributed by atoms with Crippen LogP contribution in [0.3, 0.4) is 0 Å². The average molecular weight is 267 g/mol. The van der Waals surface area contributed by atoms with Crippen molar-refractivity contribution in [3.05, 3.63) is 48.0 Å². The Bertz CT molecular complexity index is 780. The molecule has 5 nitrogen and oxygen atoms in total. The zero-order chi connectivity index (χ0) is 13.9. The zero-order valence-electron chi connectivity index (χ0n) is 11.0. The van der Waals surface area contributed by atoms with Crippen LogP contribution in [0.1, 0.15) is 11.3 Å². The quantitative estimate of drug-likeness (QED) is 0.729. The van der Waals surface area contributed by atoms with E-state index in [4.69, 9.17) is 14.4 Å². The van der Waals surface area contributed by atoms with Crippen molar-refractivity contribution in [2.24, 2.45) is 7.05 Å². The molecule has 0 aliphatic heterocycles. The van der Waals surface area contributed by atoms with Gasteiger partial charge in [-0.3, -0.25) is 4.68 Å². The van der Waals surface area contributed by atoms with E-state index < -0.39 is 0 Å². The van der Waals surface area contributed by atoms with E-state index in [1.807, 2.05) is 49.8 Å². The van der Waals surface area contributed by atoms with Crippen LogP contribution >= 0.6 is 0 Å². The number of ether oxygens (including phenoxy) is 1. The van der Waals surface area contributed by atoms with Gasteiger partial charge in [-0.1, -0.05) is 12.1 Å². The fourth-order valence-electron chi connectivity index (χ4n) is 2.11. The lowest BCUT2D eigenvalue weighted by Gasteiger charge is -2.03. The van der Waals surface area contributed by atoms with Crippen LogP contribution in [0.2, 0.25) is 0 Å². The van der Waals surface area contributed by atoms with E-state index in [2.05, 4.69) is 5.10 Å². The number of rotatable bonds is 4. The highest BCUT2D eigenvalue weighted by molar-refractivity contribution is 5.86. The summed E-state index contributed by atoms with van der Waals surface area (Å²) < 4.78 is 12.9.